The first-order chi connectivity index (χ1) is 21.2. The van der Waals surface area contributed by atoms with Crippen LogP contribution in [0, 0.1) is 6.92 Å². The topological polar surface area (TPSA) is 87.7 Å². The zero-order valence-corrected chi connectivity index (χ0v) is 26.0. The van der Waals surface area contributed by atoms with Crippen molar-refractivity contribution >= 4 is 23.4 Å². The maximum absolute atomic E-state index is 14.2. The minimum absolute atomic E-state index is 0.251. The summed E-state index contributed by atoms with van der Waals surface area (Å²) < 4.78 is 14.9. The van der Waals surface area contributed by atoms with Gasteiger partial charge in [0.05, 0.1) is 46.4 Å². The van der Waals surface area contributed by atoms with E-state index in [2.05, 4.69) is 0 Å². The van der Waals surface area contributed by atoms with Gasteiger partial charge in [-0.2, -0.15) is 5.10 Å². The van der Waals surface area contributed by atoms with Crippen molar-refractivity contribution in [2.45, 2.75) is 39.8 Å². The number of carbonyl (C=O) groups excluding carboxylic acids is 1. The number of esters is 1. The van der Waals surface area contributed by atoms with Crippen LogP contribution in [-0.4, -0.2) is 33.5 Å². The standard InChI is InChI=1S/C35H32N4O4S/c1-21(2)43-34(41)30-23(4)36-35-39(32(30)25-15-17-28(42-5)18-16-25)33(40)29(44-35)19-26-20-38(27-9-7-6-8-10-27)37-31(26)24-13-11-22(3)12-14-24/h6-21,32H,1-5H3. The van der Waals surface area contributed by atoms with Crippen molar-refractivity contribution in [1.29, 1.82) is 0 Å². The first-order valence-electron chi connectivity index (χ1n) is 14.3. The Hall–Kier alpha value is -5.02. The molecule has 0 spiro atoms. The zero-order valence-electron chi connectivity index (χ0n) is 25.1. The minimum Gasteiger partial charge on any atom is -0.497 e. The van der Waals surface area contributed by atoms with Crippen molar-refractivity contribution < 1.29 is 14.3 Å². The third-order valence-electron chi connectivity index (χ3n) is 7.39. The van der Waals surface area contributed by atoms with Crippen molar-refractivity contribution in [2.24, 2.45) is 4.99 Å². The van der Waals surface area contributed by atoms with Gasteiger partial charge in [0.1, 0.15) is 5.75 Å². The van der Waals surface area contributed by atoms with Gasteiger partial charge in [-0.25, -0.2) is 14.5 Å². The van der Waals surface area contributed by atoms with Gasteiger partial charge >= 0.3 is 5.97 Å². The summed E-state index contributed by atoms with van der Waals surface area (Å²) in [5.74, 6) is 0.175. The Bertz CT molecular complexity index is 2050. The van der Waals surface area contributed by atoms with Crippen LogP contribution in [0.3, 0.4) is 0 Å². The molecule has 0 fully saturated rings. The van der Waals surface area contributed by atoms with Gasteiger partial charge in [-0.15, -0.1) is 0 Å². The van der Waals surface area contributed by atoms with Crippen LogP contribution < -0.4 is 19.6 Å². The Kier molecular flexibility index (Phi) is 7.88. The van der Waals surface area contributed by atoms with Crippen molar-refractivity contribution in [3.63, 3.8) is 0 Å². The number of aromatic nitrogens is 3. The van der Waals surface area contributed by atoms with Gasteiger partial charge in [-0.1, -0.05) is 71.5 Å². The lowest BCUT2D eigenvalue weighted by molar-refractivity contribution is -0.143. The third kappa shape index (κ3) is 5.54. The summed E-state index contributed by atoms with van der Waals surface area (Å²) >= 11 is 1.29. The summed E-state index contributed by atoms with van der Waals surface area (Å²) in [4.78, 5) is 32.9. The number of rotatable bonds is 7. The molecular formula is C35H32N4O4S. The predicted molar refractivity (Wildman–Crippen MR) is 172 cm³/mol. The lowest BCUT2D eigenvalue weighted by Gasteiger charge is -2.25. The number of allylic oxidation sites excluding steroid dienone is 1. The molecule has 222 valence electrons. The fourth-order valence-corrected chi connectivity index (χ4v) is 6.28. The first kappa shape index (κ1) is 29.1. The highest BCUT2D eigenvalue weighted by Gasteiger charge is 2.34. The highest BCUT2D eigenvalue weighted by molar-refractivity contribution is 7.07. The molecule has 0 saturated carbocycles. The summed E-state index contributed by atoms with van der Waals surface area (Å²) in [6.45, 7) is 7.42. The van der Waals surface area contributed by atoms with Gasteiger partial charge < -0.3 is 9.47 Å². The highest BCUT2D eigenvalue weighted by atomic mass is 32.1. The van der Waals surface area contributed by atoms with E-state index in [1.54, 1.807) is 32.4 Å². The number of methoxy groups -OCH3 is 1. The van der Waals surface area contributed by atoms with Crippen LogP contribution in [0.4, 0.5) is 0 Å². The number of benzene rings is 3. The van der Waals surface area contributed by atoms with Gasteiger partial charge in [-0.3, -0.25) is 9.36 Å². The van der Waals surface area contributed by atoms with E-state index in [0.717, 1.165) is 33.6 Å². The number of hydrogen-bond donors (Lipinski definition) is 0. The molecule has 0 amide bonds. The van der Waals surface area contributed by atoms with Crippen molar-refractivity contribution in [2.75, 3.05) is 7.11 Å². The average molecular weight is 605 g/mol. The monoisotopic (exact) mass is 604 g/mol. The largest absolute Gasteiger partial charge is 0.497 e. The zero-order chi connectivity index (χ0) is 31.0. The molecule has 1 unspecified atom stereocenters. The SMILES string of the molecule is COc1ccc(C2C(C(=O)OC(C)C)=C(C)N=c3sc(=Cc4cn(-c5ccccc5)nc4-c4ccc(C)cc4)c(=O)n32)cc1. The van der Waals surface area contributed by atoms with Crippen LogP contribution >= 0.6 is 11.3 Å². The van der Waals surface area contributed by atoms with Crippen LogP contribution in [0.2, 0.25) is 0 Å². The molecule has 6 rings (SSSR count). The number of para-hydroxylation sites is 1. The van der Waals surface area contributed by atoms with Gasteiger partial charge in [-0.05, 0) is 63.6 Å². The van der Waals surface area contributed by atoms with Gasteiger partial charge in [0.25, 0.3) is 5.56 Å². The Balaban J connectivity index is 1.55. The molecule has 8 nitrogen and oxygen atoms in total. The number of carbonyl (C=O) groups is 1. The van der Waals surface area contributed by atoms with Gasteiger partial charge in [0.2, 0.25) is 0 Å². The molecule has 1 atom stereocenters. The van der Waals surface area contributed by atoms with Crippen LogP contribution in [-0.2, 0) is 9.53 Å². The van der Waals surface area contributed by atoms with E-state index in [0.29, 0.717) is 26.4 Å². The maximum atomic E-state index is 14.2. The molecule has 5 aromatic rings. The quantitative estimate of drug-likeness (QED) is 0.234. The molecule has 3 heterocycles. The van der Waals surface area contributed by atoms with E-state index in [9.17, 15) is 9.59 Å². The Labute approximate surface area is 258 Å². The van der Waals surface area contributed by atoms with Crippen molar-refractivity contribution in [3.8, 4) is 22.7 Å². The van der Waals surface area contributed by atoms with Crippen LogP contribution in [0.25, 0.3) is 23.0 Å². The fraction of sp³-hybridized carbons (Fsp3) is 0.200. The smallest absolute Gasteiger partial charge is 0.338 e. The number of fused-ring (bicyclic) bond motifs is 1. The second kappa shape index (κ2) is 11.9. The summed E-state index contributed by atoms with van der Waals surface area (Å²) in [5.41, 5.74) is 5.89. The summed E-state index contributed by atoms with van der Waals surface area (Å²) in [6.07, 6.45) is 3.47. The van der Waals surface area contributed by atoms with Crippen LogP contribution in [0.1, 0.15) is 43.5 Å². The summed E-state index contributed by atoms with van der Waals surface area (Å²) in [5, 5.41) is 4.92. The number of aryl methyl sites for hydroxylation is 1. The number of ether oxygens (including phenoxy) is 2. The van der Waals surface area contributed by atoms with Crippen LogP contribution in [0.15, 0.2) is 106 Å². The van der Waals surface area contributed by atoms with E-state index in [1.807, 2.05) is 103 Å². The lowest BCUT2D eigenvalue weighted by Crippen LogP contribution is -2.40. The van der Waals surface area contributed by atoms with Gasteiger partial charge in [0, 0.05) is 17.3 Å². The fourth-order valence-electron chi connectivity index (χ4n) is 5.24. The maximum Gasteiger partial charge on any atom is 0.338 e. The number of nitrogens with zero attached hydrogens (tertiary/aromatic N) is 4. The molecule has 0 radical (unpaired) electrons. The Morgan fingerprint density at radius 1 is 0.977 bits per heavy atom. The molecule has 9 heteroatoms. The molecule has 0 bridgehead atoms. The first-order valence-corrected chi connectivity index (χ1v) is 15.1. The normalized spacial score (nSPS) is 14.9. The molecule has 0 saturated heterocycles. The number of thiazole rings is 1. The lowest BCUT2D eigenvalue weighted by atomic mass is 9.96. The Morgan fingerprint density at radius 3 is 2.34 bits per heavy atom. The van der Waals surface area contributed by atoms with Crippen LogP contribution in [0.5, 0.6) is 5.75 Å². The molecule has 1 aliphatic heterocycles. The predicted octanol–water partition coefficient (Wildman–Crippen LogP) is 5.36. The van der Waals surface area contributed by atoms with E-state index in [-0.39, 0.29) is 11.7 Å². The summed E-state index contributed by atoms with van der Waals surface area (Å²) in [7, 11) is 1.60. The van der Waals surface area contributed by atoms with E-state index < -0.39 is 12.0 Å². The molecular weight excluding hydrogens is 572 g/mol. The van der Waals surface area contributed by atoms with Gasteiger partial charge in [0.15, 0.2) is 4.80 Å². The Morgan fingerprint density at radius 2 is 1.68 bits per heavy atom. The third-order valence-corrected chi connectivity index (χ3v) is 8.37. The summed E-state index contributed by atoms with van der Waals surface area (Å²) in [6, 6.07) is 24.7. The molecule has 0 N–H and O–H groups in total. The van der Waals surface area contributed by atoms with E-state index in [1.165, 1.54) is 11.3 Å². The minimum atomic E-state index is -0.714. The molecule has 0 aliphatic carbocycles. The number of hydrogen-bond acceptors (Lipinski definition) is 7. The average Bonchev–Trinajstić information content (AvgIpc) is 3.57. The van der Waals surface area contributed by atoms with E-state index in [4.69, 9.17) is 19.6 Å². The highest BCUT2D eigenvalue weighted by Crippen LogP contribution is 2.32. The second-order valence-corrected chi connectivity index (χ2v) is 11.9. The molecule has 3 aromatic carbocycles. The van der Waals surface area contributed by atoms with E-state index >= 15 is 0 Å². The molecule has 2 aromatic heterocycles. The second-order valence-electron chi connectivity index (χ2n) is 10.9. The van der Waals surface area contributed by atoms with Crippen molar-refractivity contribution in [1.82, 2.24) is 14.3 Å². The molecule has 1 aliphatic rings. The van der Waals surface area contributed by atoms with Crippen molar-refractivity contribution in [3.05, 3.63) is 133 Å². The molecule has 44 heavy (non-hydrogen) atoms.